The summed E-state index contributed by atoms with van der Waals surface area (Å²) in [5.41, 5.74) is 1.78. The summed E-state index contributed by atoms with van der Waals surface area (Å²) < 4.78 is 26.0. The number of aromatic amines is 1. The van der Waals surface area contributed by atoms with Gasteiger partial charge >= 0.3 is 0 Å². The standard InChI is InChI=1S/C14H19N3O3S/c1-3-17(21(19,20)14-8-15-10-16-14)9-13(18)12-6-4-11(2)5-7-12/h4-8,10,13,18H,3,9H2,1-2H3,(H,15,16)/t13-/m1/s1. The molecule has 1 aromatic carbocycles. The second-order valence-electron chi connectivity index (χ2n) is 4.80. The number of nitrogens with zero attached hydrogens (tertiary/aromatic N) is 2. The molecule has 0 aliphatic heterocycles. The van der Waals surface area contributed by atoms with Gasteiger partial charge in [-0.2, -0.15) is 4.31 Å². The van der Waals surface area contributed by atoms with Gasteiger partial charge in [0, 0.05) is 13.1 Å². The van der Waals surface area contributed by atoms with Gasteiger partial charge in [-0.15, -0.1) is 0 Å². The maximum Gasteiger partial charge on any atom is 0.260 e. The minimum Gasteiger partial charge on any atom is -0.387 e. The lowest BCUT2D eigenvalue weighted by Gasteiger charge is -2.22. The van der Waals surface area contributed by atoms with Crippen molar-refractivity contribution < 1.29 is 13.5 Å². The molecule has 0 saturated carbocycles. The van der Waals surface area contributed by atoms with E-state index in [0.717, 1.165) is 5.56 Å². The topological polar surface area (TPSA) is 86.3 Å². The normalized spacial score (nSPS) is 13.5. The molecule has 0 spiro atoms. The number of aromatic nitrogens is 2. The molecule has 0 saturated heterocycles. The lowest BCUT2D eigenvalue weighted by atomic mass is 10.1. The maximum absolute atomic E-state index is 12.4. The van der Waals surface area contributed by atoms with Crippen molar-refractivity contribution in [1.82, 2.24) is 14.3 Å². The Balaban J connectivity index is 2.17. The number of aliphatic hydroxyl groups is 1. The van der Waals surface area contributed by atoms with Crippen LogP contribution in [0.1, 0.15) is 24.2 Å². The fourth-order valence-corrected chi connectivity index (χ4v) is 3.36. The van der Waals surface area contributed by atoms with Crippen LogP contribution in [0.25, 0.3) is 0 Å². The van der Waals surface area contributed by atoms with Gasteiger partial charge in [0.15, 0.2) is 5.03 Å². The molecule has 0 amide bonds. The number of H-pyrrole nitrogens is 1. The average Bonchev–Trinajstić information content (AvgIpc) is 3.00. The van der Waals surface area contributed by atoms with Crippen LogP contribution in [0.3, 0.4) is 0 Å². The fourth-order valence-electron chi connectivity index (χ4n) is 2.01. The van der Waals surface area contributed by atoms with Crippen molar-refractivity contribution in [3.8, 4) is 0 Å². The van der Waals surface area contributed by atoms with Crippen molar-refractivity contribution in [1.29, 1.82) is 0 Å². The minimum absolute atomic E-state index is 0.000907. The maximum atomic E-state index is 12.4. The van der Waals surface area contributed by atoms with Gasteiger partial charge in [-0.1, -0.05) is 36.8 Å². The largest absolute Gasteiger partial charge is 0.387 e. The Morgan fingerprint density at radius 2 is 2.00 bits per heavy atom. The Hall–Kier alpha value is -1.70. The Morgan fingerprint density at radius 1 is 1.33 bits per heavy atom. The fraction of sp³-hybridized carbons (Fsp3) is 0.357. The van der Waals surface area contributed by atoms with E-state index in [2.05, 4.69) is 9.97 Å². The van der Waals surface area contributed by atoms with Gasteiger partial charge in [-0.3, -0.25) is 0 Å². The van der Waals surface area contributed by atoms with E-state index in [1.165, 1.54) is 16.8 Å². The van der Waals surface area contributed by atoms with Crippen LogP contribution in [0.4, 0.5) is 0 Å². The molecule has 6 nitrogen and oxygen atoms in total. The van der Waals surface area contributed by atoms with Gasteiger partial charge in [0.1, 0.15) is 0 Å². The molecular formula is C14H19N3O3S. The molecule has 0 unspecified atom stereocenters. The summed E-state index contributed by atoms with van der Waals surface area (Å²) in [6, 6.07) is 7.38. The predicted octanol–water partition coefficient (Wildman–Crippen LogP) is 1.46. The molecular weight excluding hydrogens is 290 g/mol. The first-order valence-electron chi connectivity index (χ1n) is 6.68. The van der Waals surface area contributed by atoms with Crippen LogP contribution < -0.4 is 0 Å². The number of aryl methyl sites for hydroxylation is 1. The number of benzene rings is 1. The Morgan fingerprint density at radius 3 is 2.52 bits per heavy atom. The summed E-state index contributed by atoms with van der Waals surface area (Å²) in [4.78, 5) is 6.32. The van der Waals surface area contributed by atoms with Crippen molar-refractivity contribution in [2.24, 2.45) is 0 Å². The number of hydrogen-bond donors (Lipinski definition) is 2. The van der Waals surface area contributed by atoms with E-state index in [1.807, 2.05) is 19.1 Å². The summed E-state index contributed by atoms with van der Waals surface area (Å²) in [6.07, 6.45) is 1.70. The molecule has 1 atom stereocenters. The number of nitrogens with one attached hydrogen (secondary N) is 1. The number of aliphatic hydroxyl groups excluding tert-OH is 1. The first-order chi connectivity index (χ1) is 9.95. The summed E-state index contributed by atoms with van der Waals surface area (Å²) >= 11 is 0. The zero-order chi connectivity index (χ0) is 15.5. The monoisotopic (exact) mass is 309 g/mol. The summed E-state index contributed by atoms with van der Waals surface area (Å²) in [5, 5.41) is 10.3. The highest BCUT2D eigenvalue weighted by Crippen LogP contribution is 2.19. The Kier molecular flexibility index (Phi) is 4.76. The molecule has 1 heterocycles. The van der Waals surface area contributed by atoms with Crippen molar-refractivity contribution in [2.45, 2.75) is 25.0 Å². The van der Waals surface area contributed by atoms with Crippen LogP contribution in [0.2, 0.25) is 0 Å². The van der Waals surface area contributed by atoms with E-state index in [0.29, 0.717) is 5.56 Å². The number of sulfonamides is 1. The molecule has 0 aliphatic rings. The van der Waals surface area contributed by atoms with Crippen LogP contribution in [-0.2, 0) is 10.0 Å². The molecule has 2 aromatic rings. The van der Waals surface area contributed by atoms with Crippen LogP contribution >= 0.6 is 0 Å². The zero-order valence-corrected chi connectivity index (χ0v) is 12.8. The van der Waals surface area contributed by atoms with E-state index < -0.39 is 16.1 Å². The smallest absolute Gasteiger partial charge is 0.260 e. The molecule has 2 N–H and O–H groups in total. The van der Waals surface area contributed by atoms with Gasteiger partial charge in [0.05, 0.1) is 18.6 Å². The van der Waals surface area contributed by atoms with Gasteiger partial charge in [-0.25, -0.2) is 13.4 Å². The zero-order valence-electron chi connectivity index (χ0n) is 12.0. The minimum atomic E-state index is -3.66. The molecule has 21 heavy (non-hydrogen) atoms. The molecule has 0 aliphatic carbocycles. The molecule has 0 bridgehead atoms. The SMILES string of the molecule is CCN(C[C@@H](O)c1ccc(C)cc1)S(=O)(=O)c1cnc[nH]1. The summed E-state index contributed by atoms with van der Waals surface area (Å²) in [6.45, 7) is 3.96. The second-order valence-corrected chi connectivity index (χ2v) is 6.70. The van der Waals surface area contributed by atoms with Crippen LogP contribution in [0.15, 0.2) is 41.8 Å². The van der Waals surface area contributed by atoms with Crippen molar-refractivity contribution in [3.05, 3.63) is 47.9 Å². The van der Waals surface area contributed by atoms with E-state index >= 15 is 0 Å². The third-order valence-corrected chi connectivity index (χ3v) is 5.15. The van der Waals surface area contributed by atoms with Crippen molar-refractivity contribution >= 4 is 10.0 Å². The second kappa shape index (κ2) is 6.38. The third kappa shape index (κ3) is 3.49. The van der Waals surface area contributed by atoms with Gasteiger partial charge in [-0.05, 0) is 12.5 Å². The highest BCUT2D eigenvalue weighted by atomic mass is 32.2. The highest BCUT2D eigenvalue weighted by molar-refractivity contribution is 7.89. The molecule has 114 valence electrons. The summed E-state index contributed by atoms with van der Waals surface area (Å²) in [5.74, 6) is 0. The molecule has 1 aromatic heterocycles. The van der Waals surface area contributed by atoms with E-state index in [9.17, 15) is 13.5 Å². The number of hydrogen-bond acceptors (Lipinski definition) is 4. The van der Waals surface area contributed by atoms with E-state index in [1.54, 1.807) is 19.1 Å². The Bertz CT molecular complexity index is 666. The van der Waals surface area contributed by atoms with Crippen LogP contribution in [0.5, 0.6) is 0 Å². The third-order valence-electron chi connectivity index (χ3n) is 3.28. The highest BCUT2D eigenvalue weighted by Gasteiger charge is 2.26. The van der Waals surface area contributed by atoms with Gasteiger partial charge in [0.25, 0.3) is 10.0 Å². The van der Waals surface area contributed by atoms with Crippen molar-refractivity contribution in [2.75, 3.05) is 13.1 Å². The molecule has 7 heteroatoms. The number of rotatable bonds is 6. The van der Waals surface area contributed by atoms with E-state index in [-0.39, 0.29) is 18.1 Å². The van der Waals surface area contributed by atoms with Crippen LogP contribution in [0, 0.1) is 6.92 Å². The number of imidazole rings is 1. The molecule has 0 fully saturated rings. The quantitative estimate of drug-likeness (QED) is 0.846. The Labute approximate surface area is 124 Å². The molecule has 0 radical (unpaired) electrons. The number of likely N-dealkylation sites (N-methyl/N-ethyl adjacent to an activating group) is 1. The van der Waals surface area contributed by atoms with Crippen molar-refractivity contribution in [3.63, 3.8) is 0 Å². The molecule has 2 rings (SSSR count). The average molecular weight is 309 g/mol. The van der Waals surface area contributed by atoms with Crippen LogP contribution in [-0.4, -0.2) is 40.9 Å². The lowest BCUT2D eigenvalue weighted by molar-refractivity contribution is 0.149. The van der Waals surface area contributed by atoms with E-state index in [4.69, 9.17) is 0 Å². The first kappa shape index (κ1) is 15.7. The predicted molar refractivity (Wildman–Crippen MR) is 79.2 cm³/mol. The lowest BCUT2D eigenvalue weighted by Crippen LogP contribution is -2.34. The van der Waals surface area contributed by atoms with Gasteiger partial charge in [0.2, 0.25) is 0 Å². The summed E-state index contributed by atoms with van der Waals surface area (Å²) in [7, 11) is -3.66. The van der Waals surface area contributed by atoms with Gasteiger partial charge < -0.3 is 10.1 Å². The first-order valence-corrected chi connectivity index (χ1v) is 8.12.